The van der Waals surface area contributed by atoms with E-state index in [1.165, 1.54) is 16.7 Å². The van der Waals surface area contributed by atoms with E-state index in [1.807, 2.05) is 0 Å². The van der Waals surface area contributed by atoms with Crippen LogP contribution in [0.4, 0.5) is 0 Å². The first kappa shape index (κ1) is 12.6. The lowest BCUT2D eigenvalue weighted by Crippen LogP contribution is -2.48. The SMILES string of the molecule is COCCN1CCc2cc(C)ccc2C1(C)C. The molecule has 2 nitrogen and oxygen atoms in total. The zero-order chi connectivity index (χ0) is 12.5. The summed E-state index contributed by atoms with van der Waals surface area (Å²) in [5.41, 5.74) is 4.49. The van der Waals surface area contributed by atoms with E-state index in [1.54, 1.807) is 7.11 Å². The Morgan fingerprint density at radius 1 is 1.35 bits per heavy atom. The van der Waals surface area contributed by atoms with Gasteiger partial charge < -0.3 is 4.74 Å². The third kappa shape index (κ3) is 2.38. The number of ether oxygens (including phenoxy) is 1. The van der Waals surface area contributed by atoms with Crippen molar-refractivity contribution in [3.8, 4) is 0 Å². The van der Waals surface area contributed by atoms with Crippen molar-refractivity contribution in [1.82, 2.24) is 4.90 Å². The van der Waals surface area contributed by atoms with Gasteiger partial charge in [-0.05, 0) is 38.3 Å². The first-order chi connectivity index (χ1) is 8.05. The van der Waals surface area contributed by atoms with Gasteiger partial charge in [-0.15, -0.1) is 0 Å². The molecular formula is C15H23NO. The van der Waals surface area contributed by atoms with E-state index in [4.69, 9.17) is 4.74 Å². The molecule has 0 spiro atoms. The number of nitrogens with zero attached hydrogens (tertiary/aromatic N) is 1. The first-order valence-corrected chi connectivity index (χ1v) is 6.39. The molecule has 0 saturated heterocycles. The van der Waals surface area contributed by atoms with Gasteiger partial charge in [0.1, 0.15) is 0 Å². The normalized spacial score (nSPS) is 19.1. The molecule has 1 heterocycles. The van der Waals surface area contributed by atoms with Crippen LogP contribution in [0.5, 0.6) is 0 Å². The van der Waals surface area contributed by atoms with Crippen LogP contribution < -0.4 is 0 Å². The second kappa shape index (κ2) is 4.79. The molecule has 2 heteroatoms. The number of methoxy groups -OCH3 is 1. The summed E-state index contributed by atoms with van der Waals surface area (Å²) in [5.74, 6) is 0. The Bertz CT molecular complexity index is 398. The topological polar surface area (TPSA) is 12.5 Å². The maximum atomic E-state index is 5.20. The molecule has 1 aliphatic heterocycles. The highest BCUT2D eigenvalue weighted by Gasteiger charge is 2.33. The molecule has 94 valence electrons. The summed E-state index contributed by atoms with van der Waals surface area (Å²) in [5, 5.41) is 0. The quantitative estimate of drug-likeness (QED) is 0.796. The molecule has 0 amide bonds. The zero-order valence-corrected chi connectivity index (χ0v) is 11.4. The monoisotopic (exact) mass is 233 g/mol. The standard InChI is InChI=1S/C15H23NO/c1-12-5-6-14-13(11-12)7-8-16(9-10-17-4)15(14,2)3/h5-6,11H,7-10H2,1-4H3. The molecular weight excluding hydrogens is 210 g/mol. The molecule has 1 aromatic carbocycles. The number of fused-ring (bicyclic) bond motifs is 1. The van der Waals surface area contributed by atoms with Crippen LogP contribution in [-0.4, -0.2) is 31.7 Å². The Morgan fingerprint density at radius 2 is 2.12 bits per heavy atom. The Kier molecular flexibility index (Phi) is 3.55. The van der Waals surface area contributed by atoms with E-state index >= 15 is 0 Å². The second-order valence-electron chi connectivity index (χ2n) is 5.45. The molecule has 0 aliphatic carbocycles. The largest absolute Gasteiger partial charge is 0.383 e. The Balaban J connectivity index is 2.28. The average molecular weight is 233 g/mol. The van der Waals surface area contributed by atoms with Gasteiger partial charge in [-0.25, -0.2) is 0 Å². The summed E-state index contributed by atoms with van der Waals surface area (Å²) in [6.45, 7) is 9.75. The van der Waals surface area contributed by atoms with E-state index in [2.05, 4.69) is 43.9 Å². The summed E-state index contributed by atoms with van der Waals surface area (Å²) < 4.78 is 5.20. The van der Waals surface area contributed by atoms with Crippen molar-refractivity contribution in [3.63, 3.8) is 0 Å². The Labute approximate surface area is 105 Å². The maximum absolute atomic E-state index is 5.20. The fraction of sp³-hybridized carbons (Fsp3) is 0.600. The van der Waals surface area contributed by atoms with E-state index in [0.717, 1.165) is 26.1 Å². The van der Waals surface area contributed by atoms with Crippen molar-refractivity contribution >= 4 is 0 Å². The summed E-state index contributed by atoms with van der Waals surface area (Å²) in [7, 11) is 1.77. The number of aryl methyl sites for hydroxylation is 1. The van der Waals surface area contributed by atoms with Gasteiger partial charge in [0.2, 0.25) is 0 Å². The summed E-state index contributed by atoms with van der Waals surface area (Å²) in [4.78, 5) is 2.52. The number of rotatable bonds is 3. The van der Waals surface area contributed by atoms with Crippen LogP contribution in [0.25, 0.3) is 0 Å². The van der Waals surface area contributed by atoms with Gasteiger partial charge in [-0.2, -0.15) is 0 Å². The van der Waals surface area contributed by atoms with Crippen LogP contribution >= 0.6 is 0 Å². The molecule has 1 aromatic rings. The molecule has 17 heavy (non-hydrogen) atoms. The minimum atomic E-state index is 0.125. The lowest BCUT2D eigenvalue weighted by Gasteiger charge is -2.44. The minimum Gasteiger partial charge on any atom is -0.383 e. The van der Waals surface area contributed by atoms with Crippen LogP contribution in [0.3, 0.4) is 0 Å². The second-order valence-corrected chi connectivity index (χ2v) is 5.45. The van der Waals surface area contributed by atoms with Crippen molar-refractivity contribution in [3.05, 3.63) is 34.9 Å². The van der Waals surface area contributed by atoms with Crippen molar-refractivity contribution in [1.29, 1.82) is 0 Å². The van der Waals surface area contributed by atoms with Gasteiger partial charge in [-0.3, -0.25) is 4.90 Å². The molecule has 0 unspecified atom stereocenters. The van der Waals surface area contributed by atoms with Crippen LogP contribution in [0.2, 0.25) is 0 Å². The van der Waals surface area contributed by atoms with Crippen LogP contribution in [0.15, 0.2) is 18.2 Å². The summed E-state index contributed by atoms with van der Waals surface area (Å²) in [6, 6.07) is 6.86. The number of hydrogen-bond donors (Lipinski definition) is 0. The Hall–Kier alpha value is -0.860. The number of hydrogen-bond acceptors (Lipinski definition) is 2. The number of benzene rings is 1. The highest BCUT2D eigenvalue weighted by Crippen LogP contribution is 2.35. The lowest BCUT2D eigenvalue weighted by molar-refractivity contribution is 0.0677. The van der Waals surface area contributed by atoms with Crippen molar-refractivity contribution in [2.24, 2.45) is 0 Å². The molecule has 0 saturated carbocycles. The third-order valence-corrected chi connectivity index (χ3v) is 3.93. The zero-order valence-electron chi connectivity index (χ0n) is 11.4. The van der Waals surface area contributed by atoms with Gasteiger partial charge in [0, 0.05) is 25.7 Å². The van der Waals surface area contributed by atoms with Crippen molar-refractivity contribution in [2.45, 2.75) is 32.7 Å². The van der Waals surface area contributed by atoms with E-state index in [-0.39, 0.29) is 5.54 Å². The van der Waals surface area contributed by atoms with Crippen LogP contribution in [-0.2, 0) is 16.7 Å². The molecule has 2 rings (SSSR count). The average Bonchev–Trinajstić information content (AvgIpc) is 2.27. The minimum absolute atomic E-state index is 0.125. The molecule has 1 aliphatic rings. The van der Waals surface area contributed by atoms with Gasteiger partial charge >= 0.3 is 0 Å². The molecule has 0 N–H and O–H groups in total. The summed E-state index contributed by atoms with van der Waals surface area (Å²) in [6.07, 6.45) is 1.16. The molecule has 0 atom stereocenters. The lowest BCUT2D eigenvalue weighted by atomic mass is 9.82. The van der Waals surface area contributed by atoms with Crippen LogP contribution in [0, 0.1) is 6.92 Å². The van der Waals surface area contributed by atoms with Gasteiger partial charge in [0.05, 0.1) is 6.61 Å². The highest BCUT2D eigenvalue weighted by molar-refractivity contribution is 5.38. The molecule has 0 aromatic heterocycles. The van der Waals surface area contributed by atoms with Gasteiger partial charge in [0.25, 0.3) is 0 Å². The maximum Gasteiger partial charge on any atom is 0.0589 e. The highest BCUT2D eigenvalue weighted by atomic mass is 16.5. The van der Waals surface area contributed by atoms with E-state index in [9.17, 15) is 0 Å². The predicted octanol–water partition coefficient (Wildman–Crippen LogP) is 2.73. The molecule has 0 fully saturated rings. The van der Waals surface area contributed by atoms with Crippen LogP contribution in [0.1, 0.15) is 30.5 Å². The Morgan fingerprint density at radius 3 is 2.82 bits per heavy atom. The predicted molar refractivity (Wildman–Crippen MR) is 71.4 cm³/mol. The van der Waals surface area contributed by atoms with Gasteiger partial charge in [-0.1, -0.05) is 23.8 Å². The smallest absolute Gasteiger partial charge is 0.0589 e. The van der Waals surface area contributed by atoms with E-state index < -0.39 is 0 Å². The van der Waals surface area contributed by atoms with Crippen molar-refractivity contribution < 1.29 is 4.74 Å². The van der Waals surface area contributed by atoms with E-state index in [0.29, 0.717) is 0 Å². The first-order valence-electron chi connectivity index (χ1n) is 6.39. The third-order valence-electron chi connectivity index (χ3n) is 3.93. The van der Waals surface area contributed by atoms with Gasteiger partial charge in [0.15, 0.2) is 0 Å². The molecule has 0 radical (unpaired) electrons. The molecule has 0 bridgehead atoms. The fourth-order valence-electron chi connectivity index (χ4n) is 2.82. The van der Waals surface area contributed by atoms with Crippen molar-refractivity contribution in [2.75, 3.05) is 26.8 Å². The fourth-order valence-corrected chi connectivity index (χ4v) is 2.82. The summed E-state index contributed by atoms with van der Waals surface area (Å²) >= 11 is 0.